The Morgan fingerprint density at radius 2 is 2.29 bits per heavy atom. The summed E-state index contributed by atoms with van der Waals surface area (Å²) in [5.74, 6) is -0.725. The molecule has 1 unspecified atom stereocenters. The molecule has 2 aromatic heterocycles. The molecule has 0 fully saturated rings. The molecule has 2 rings (SSSR count). The van der Waals surface area contributed by atoms with Crippen molar-refractivity contribution in [2.75, 3.05) is 5.32 Å². The van der Waals surface area contributed by atoms with Crippen molar-refractivity contribution in [2.24, 2.45) is 0 Å². The predicted octanol–water partition coefficient (Wildman–Crippen LogP) is 2.55. The monoisotopic (exact) mass is 232 g/mol. The van der Waals surface area contributed by atoms with Crippen LogP contribution in [0.2, 0.25) is 0 Å². The highest BCUT2D eigenvalue weighted by atomic mass is 16.4. The van der Waals surface area contributed by atoms with Crippen molar-refractivity contribution in [1.82, 2.24) is 4.98 Å². The standard InChI is InChI=1S/C12H12N2O3/c1-8(9-3-2-6-13-7-9)14-11-5-4-10(17-11)12(15)16/h2-8,14H,1H3,(H,15,16). The Kier molecular flexibility index (Phi) is 3.09. The van der Waals surface area contributed by atoms with Crippen molar-refractivity contribution >= 4 is 11.9 Å². The molecule has 1 atom stereocenters. The van der Waals surface area contributed by atoms with Gasteiger partial charge in [-0.2, -0.15) is 0 Å². The second-order valence-corrected chi connectivity index (χ2v) is 3.62. The smallest absolute Gasteiger partial charge is 0.371 e. The summed E-state index contributed by atoms with van der Waals surface area (Å²) in [5, 5.41) is 11.8. The van der Waals surface area contributed by atoms with Crippen LogP contribution >= 0.6 is 0 Å². The summed E-state index contributed by atoms with van der Waals surface area (Å²) in [6, 6.07) is 6.79. The topological polar surface area (TPSA) is 75.4 Å². The van der Waals surface area contributed by atoms with E-state index in [9.17, 15) is 4.79 Å². The van der Waals surface area contributed by atoms with E-state index >= 15 is 0 Å². The maximum Gasteiger partial charge on any atom is 0.371 e. The normalized spacial score (nSPS) is 12.1. The fraction of sp³-hybridized carbons (Fsp3) is 0.167. The second kappa shape index (κ2) is 4.69. The number of nitrogens with zero attached hydrogens (tertiary/aromatic N) is 1. The van der Waals surface area contributed by atoms with Crippen LogP contribution in [0.25, 0.3) is 0 Å². The number of nitrogens with one attached hydrogen (secondary N) is 1. The summed E-state index contributed by atoms with van der Waals surface area (Å²) in [6.07, 6.45) is 3.45. The Morgan fingerprint density at radius 3 is 2.88 bits per heavy atom. The highest BCUT2D eigenvalue weighted by Gasteiger charge is 2.11. The SMILES string of the molecule is CC(Nc1ccc(C(=O)O)o1)c1cccnc1. The lowest BCUT2D eigenvalue weighted by Crippen LogP contribution is -2.06. The largest absolute Gasteiger partial charge is 0.475 e. The summed E-state index contributed by atoms with van der Waals surface area (Å²) >= 11 is 0. The van der Waals surface area contributed by atoms with E-state index < -0.39 is 5.97 Å². The maximum absolute atomic E-state index is 10.6. The lowest BCUT2D eigenvalue weighted by atomic mass is 10.1. The van der Waals surface area contributed by atoms with Gasteiger partial charge in [0.15, 0.2) is 5.88 Å². The highest BCUT2D eigenvalue weighted by Crippen LogP contribution is 2.20. The summed E-state index contributed by atoms with van der Waals surface area (Å²) in [6.45, 7) is 1.94. The number of pyridine rings is 1. The molecular formula is C12H12N2O3. The number of aromatic carboxylic acids is 1. The van der Waals surface area contributed by atoms with Crippen LogP contribution in [0, 0.1) is 0 Å². The van der Waals surface area contributed by atoms with Gasteiger partial charge in [0.25, 0.3) is 0 Å². The summed E-state index contributed by atoms with van der Waals surface area (Å²) in [7, 11) is 0. The van der Waals surface area contributed by atoms with Gasteiger partial charge < -0.3 is 14.8 Å². The van der Waals surface area contributed by atoms with Gasteiger partial charge in [0.1, 0.15) is 0 Å². The average Bonchev–Trinajstić information content (AvgIpc) is 2.79. The van der Waals surface area contributed by atoms with Crippen LogP contribution in [0.15, 0.2) is 41.1 Å². The molecule has 0 aliphatic heterocycles. The van der Waals surface area contributed by atoms with Gasteiger partial charge in [-0.05, 0) is 24.6 Å². The van der Waals surface area contributed by atoms with Gasteiger partial charge in [-0.3, -0.25) is 4.98 Å². The van der Waals surface area contributed by atoms with Crippen molar-refractivity contribution in [1.29, 1.82) is 0 Å². The van der Waals surface area contributed by atoms with Gasteiger partial charge in [0.2, 0.25) is 5.76 Å². The van der Waals surface area contributed by atoms with Gasteiger partial charge >= 0.3 is 5.97 Å². The van der Waals surface area contributed by atoms with Crippen molar-refractivity contribution in [2.45, 2.75) is 13.0 Å². The van der Waals surface area contributed by atoms with E-state index in [-0.39, 0.29) is 11.8 Å². The lowest BCUT2D eigenvalue weighted by molar-refractivity contribution is 0.0663. The number of carboxylic acids is 1. The van der Waals surface area contributed by atoms with Crippen molar-refractivity contribution in [3.63, 3.8) is 0 Å². The van der Waals surface area contributed by atoms with Crippen LogP contribution in [0.5, 0.6) is 0 Å². The number of aromatic nitrogens is 1. The highest BCUT2D eigenvalue weighted by molar-refractivity contribution is 5.84. The first kappa shape index (κ1) is 11.2. The number of anilines is 1. The third-order valence-electron chi connectivity index (χ3n) is 2.36. The zero-order valence-electron chi connectivity index (χ0n) is 9.25. The third kappa shape index (κ3) is 2.63. The van der Waals surface area contributed by atoms with Crippen LogP contribution in [0.4, 0.5) is 5.88 Å². The van der Waals surface area contributed by atoms with E-state index in [1.807, 2.05) is 19.1 Å². The number of carboxylic acid groups (broad SMARTS) is 1. The molecule has 88 valence electrons. The zero-order valence-corrected chi connectivity index (χ0v) is 9.25. The lowest BCUT2D eigenvalue weighted by Gasteiger charge is -2.12. The van der Waals surface area contributed by atoms with E-state index in [0.717, 1.165) is 5.56 Å². The number of carbonyl (C=O) groups is 1. The third-order valence-corrected chi connectivity index (χ3v) is 2.36. The molecule has 0 aliphatic rings. The minimum atomic E-state index is -1.08. The number of rotatable bonds is 4. The van der Waals surface area contributed by atoms with E-state index in [2.05, 4.69) is 10.3 Å². The van der Waals surface area contributed by atoms with Crippen LogP contribution in [-0.4, -0.2) is 16.1 Å². The molecule has 0 bridgehead atoms. The van der Waals surface area contributed by atoms with Gasteiger partial charge in [0, 0.05) is 18.5 Å². The van der Waals surface area contributed by atoms with E-state index in [0.29, 0.717) is 5.88 Å². The van der Waals surface area contributed by atoms with Gasteiger partial charge in [-0.25, -0.2) is 4.79 Å². The quantitative estimate of drug-likeness (QED) is 0.847. The molecule has 0 spiro atoms. The molecule has 5 nitrogen and oxygen atoms in total. The van der Waals surface area contributed by atoms with Crippen molar-refractivity contribution in [3.8, 4) is 0 Å². The molecule has 2 aromatic rings. The van der Waals surface area contributed by atoms with E-state index in [1.165, 1.54) is 6.07 Å². The Balaban J connectivity index is 2.08. The number of hydrogen-bond acceptors (Lipinski definition) is 4. The van der Waals surface area contributed by atoms with Crippen molar-refractivity contribution in [3.05, 3.63) is 48.0 Å². The number of furan rings is 1. The fourth-order valence-electron chi connectivity index (χ4n) is 1.46. The van der Waals surface area contributed by atoms with E-state index in [4.69, 9.17) is 9.52 Å². The van der Waals surface area contributed by atoms with Crippen LogP contribution in [-0.2, 0) is 0 Å². The van der Waals surface area contributed by atoms with E-state index in [1.54, 1.807) is 18.5 Å². The first-order chi connectivity index (χ1) is 8.16. The Bertz CT molecular complexity index is 507. The molecule has 0 radical (unpaired) electrons. The molecular weight excluding hydrogens is 220 g/mol. The zero-order chi connectivity index (χ0) is 12.3. The van der Waals surface area contributed by atoms with Gasteiger partial charge in [0.05, 0.1) is 6.04 Å². The van der Waals surface area contributed by atoms with Crippen molar-refractivity contribution < 1.29 is 14.3 Å². The molecule has 2 N–H and O–H groups in total. The molecule has 0 saturated carbocycles. The van der Waals surface area contributed by atoms with Crippen LogP contribution in [0.3, 0.4) is 0 Å². The molecule has 0 aromatic carbocycles. The second-order valence-electron chi connectivity index (χ2n) is 3.62. The number of hydrogen-bond donors (Lipinski definition) is 2. The van der Waals surface area contributed by atoms with Gasteiger partial charge in [-0.1, -0.05) is 6.07 Å². The summed E-state index contributed by atoms with van der Waals surface area (Å²) in [4.78, 5) is 14.7. The van der Waals surface area contributed by atoms with Gasteiger partial charge in [-0.15, -0.1) is 0 Å². The maximum atomic E-state index is 10.6. The first-order valence-corrected chi connectivity index (χ1v) is 5.16. The molecule has 0 amide bonds. The minimum Gasteiger partial charge on any atom is -0.475 e. The molecule has 2 heterocycles. The minimum absolute atomic E-state index is 0.00325. The molecule has 17 heavy (non-hydrogen) atoms. The first-order valence-electron chi connectivity index (χ1n) is 5.16. The Morgan fingerprint density at radius 1 is 1.47 bits per heavy atom. The molecule has 5 heteroatoms. The Labute approximate surface area is 98.1 Å². The average molecular weight is 232 g/mol. The fourth-order valence-corrected chi connectivity index (χ4v) is 1.46. The Hall–Kier alpha value is -2.30. The van der Waals surface area contributed by atoms with Crippen LogP contribution in [0.1, 0.15) is 29.1 Å². The summed E-state index contributed by atoms with van der Waals surface area (Å²) in [5.41, 5.74) is 1.00. The molecule has 0 saturated heterocycles. The molecule has 0 aliphatic carbocycles. The van der Waals surface area contributed by atoms with Crippen LogP contribution < -0.4 is 5.32 Å². The summed E-state index contributed by atoms with van der Waals surface area (Å²) < 4.78 is 5.11. The predicted molar refractivity (Wildman–Crippen MR) is 61.9 cm³/mol.